The molecular formula is C40H32N4O3S. The van der Waals surface area contributed by atoms with Crippen molar-refractivity contribution in [2.24, 2.45) is 0 Å². The topological polar surface area (TPSA) is 94.3 Å². The number of carbonyl (C=O) groups excluding carboxylic acids is 3. The van der Waals surface area contributed by atoms with Crippen LogP contribution in [0.25, 0.3) is 17.0 Å². The van der Waals surface area contributed by atoms with Gasteiger partial charge in [0.25, 0.3) is 11.8 Å². The van der Waals surface area contributed by atoms with Crippen molar-refractivity contribution in [1.29, 1.82) is 0 Å². The Bertz CT molecular complexity index is 2130. The number of nitrogens with zero attached hydrogens (tertiary/aromatic N) is 1. The van der Waals surface area contributed by atoms with E-state index in [1.165, 1.54) is 17.3 Å². The number of aromatic nitrogens is 1. The number of nitrogens with one attached hydrogen (secondary N) is 3. The molecule has 8 heteroatoms. The Morgan fingerprint density at radius 1 is 0.771 bits per heavy atom. The lowest BCUT2D eigenvalue weighted by Crippen LogP contribution is -2.32. The van der Waals surface area contributed by atoms with Crippen LogP contribution in [0, 0.1) is 0 Å². The number of hydrogen-bond donors (Lipinski definition) is 3. The van der Waals surface area contributed by atoms with Gasteiger partial charge >= 0.3 is 0 Å². The molecule has 0 saturated heterocycles. The predicted molar refractivity (Wildman–Crippen MR) is 193 cm³/mol. The molecule has 3 N–H and O–H groups in total. The molecule has 2 heterocycles. The molecule has 0 saturated carbocycles. The van der Waals surface area contributed by atoms with Gasteiger partial charge in [-0.15, -0.1) is 11.8 Å². The minimum atomic E-state index is -0.463. The van der Waals surface area contributed by atoms with Crippen LogP contribution in [0.5, 0.6) is 0 Å². The van der Waals surface area contributed by atoms with Crippen LogP contribution in [0.4, 0.5) is 11.4 Å². The van der Waals surface area contributed by atoms with Gasteiger partial charge in [0.15, 0.2) is 0 Å². The zero-order valence-corrected chi connectivity index (χ0v) is 26.7. The molecule has 0 radical (unpaired) electrons. The van der Waals surface area contributed by atoms with Gasteiger partial charge in [-0.3, -0.25) is 14.4 Å². The first kappa shape index (κ1) is 30.8. The van der Waals surface area contributed by atoms with E-state index < -0.39 is 11.2 Å². The number of rotatable bonds is 9. The molecule has 3 amide bonds. The van der Waals surface area contributed by atoms with E-state index >= 15 is 0 Å². The van der Waals surface area contributed by atoms with Crippen molar-refractivity contribution in [3.05, 3.63) is 168 Å². The van der Waals surface area contributed by atoms with Crippen molar-refractivity contribution in [3.8, 4) is 0 Å². The molecule has 1 atom stereocenters. The average Bonchev–Trinajstić information content (AvgIpc) is 3.76. The van der Waals surface area contributed by atoms with E-state index in [-0.39, 0.29) is 17.5 Å². The number of aromatic amines is 1. The normalized spacial score (nSPS) is 13.2. The van der Waals surface area contributed by atoms with Crippen molar-refractivity contribution < 1.29 is 14.4 Å². The van der Waals surface area contributed by atoms with Crippen LogP contribution in [-0.2, 0) is 16.0 Å². The highest BCUT2D eigenvalue weighted by Gasteiger charge is 2.31. The third kappa shape index (κ3) is 6.65. The Hall–Kier alpha value is -5.86. The van der Waals surface area contributed by atoms with Crippen LogP contribution < -0.4 is 15.5 Å². The second-order valence-corrected chi connectivity index (χ2v) is 12.6. The van der Waals surface area contributed by atoms with Crippen LogP contribution >= 0.6 is 11.8 Å². The minimum Gasteiger partial charge on any atom is -0.361 e. The first-order valence-electron chi connectivity index (χ1n) is 15.7. The fraction of sp³-hybridized carbons (Fsp3) is 0.0750. The maximum Gasteiger partial charge on any atom is 0.272 e. The summed E-state index contributed by atoms with van der Waals surface area (Å²) in [6, 6.07) is 41.8. The van der Waals surface area contributed by atoms with Crippen molar-refractivity contribution in [2.75, 3.05) is 16.8 Å². The summed E-state index contributed by atoms with van der Waals surface area (Å²) in [5.41, 5.74) is 5.87. The molecule has 5 aromatic carbocycles. The van der Waals surface area contributed by atoms with Crippen molar-refractivity contribution in [2.45, 2.75) is 16.6 Å². The summed E-state index contributed by atoms with van der Waals surface area (Å²) in [6.07, 6.45) is 4.32. The predicted octanol–water partition coefficient (Wildman–Crippen LogP) is 8.00. The number of para-hydroxylation sites is 2. The van der Waals surface area contributed by atoms with Crippen molar-refractivity contribution in [1.82, 2.24) is 10.3 Å². The Labute approximate surface area is 282 Å². The summed E-state index contributed by atoms with van der Waals surface area (Å²) in [7, 11) is 0. The highest BCUT2D eigenvalue weighted by Crippen LogP contribution is 2.40. The van der Waals surface area contributed by atoms with E-state index in [0.717, 1.165) is 39.0 Å². The first-order chi connectivity index (χ1) is 23.5. The summed E-state index contributed by atoms with van der Waals surface area (Å²) < 4.78 is 0. The van der Waals surface area contributed by atoms with Gasteiger partial charge in [0.05, 0.1) is 0 Å². The molecule has 236 valence electrons. The van der Waals surface area contributed by atoms with Crippen LogP contribution in [0.15, 0.2) is 150 Å². The number of thioether (sulfide) groups is 1. The number of carbonyl (C=O) groups is 3. The molecule has 0 unspecified atom stereocenters. The van der Waals surface area contributed by atoms with E-state index in [2.05, 4.69) is 21.7 Å². The number of fused-ring (bicyclic) bond motifs is 2. The van der Waals surface area contributed by atoms with Crippen LogP contribution in [0.3, 0.4) is 0 Å². The van der Waals surface area contributed by atoms with E-state index in [4.69, 9.17) is 0 Å². The zero-order valence-electron chi connectivity index (χ0n) is 25.9. The van der Waals surface area contributed by atoms with Gasteiger partial charge in [0.2, 0.25) is 5.91 Å². The highest BCUT2D eigenvalue weighted by molar-refractivity contribution is 8.00. The van der Waals surface area contributed by atoms with E-state index in [1.54, 1.807) is 42.5 Å². The standard InChI is InChI=1S/C40H32N4O3S/c45-38(29-14-5-2-6-15-29)43-35(25-30-26-41-34-17-9-8-16-33(30)34)39(46)42-31-19-21-32(22-20-31)48-37(28-12-3-1-4-13-28)40(47)44-24-23-27-11-7-10-18-36(27)44/h1-22,25-26,37,41H,23-24H2,(H,42,46)(H,43,45)/b35-25-/t37-/m1/s1. The van der Waals surface area contributed by atoms with Crippen LogP contribution in [-0.4, -0.2) is 29.3 Å². The molecule has 1 aliphatic heterocycles. The largest absolute Gasteiger partial charge is 0.361 e. The summed E-state index contributed by atoms with van der Waals surface area (Å²) in [5, 5.41) is 6.22. The summed E-state index contributed by atoms with van der Waals surface area (Å²) >= 11 is 1.48. The minimum absolute atomic E-state index is 0.0368. The molecule has 0 bridgehead atoms. The molecule has 1 aromatic heterocycles. The maximum atomic E-state index is 14.0. The quantitative estimate of drug-likeness (QED) is 0.109. The molecule has 7 rings (SSSR count). The summed E-state index contributed by atoms with van der Waals surface area (Å²) in [4.78, 5) is 46.8. The number of hydrogen-bond acceptors (Lipinski definition) is 4. The first-order valence-corrected chi connectivity index (χ1v) is 16.6. The fourth-order valence-electron chi connectivity index (χ4n) is 5.86. The number of amides is 3. The average molecular weight is 649 g/mol. The second-order valence-electron chi connectivity index (χ2n) is 11.4. The fourth-order valence-corrected chi connectivity index (χ4v) is 6.95. The molecule has 0 spiro atoms. The van der Waals surface area contributed by atoms with Gasteiger partial charge in [-0.1, -0.05) is 84.9 Å². The van der Waals surface area contributed by atoms with Crippen molar-refractivity contribution >= 4 is 57.8 Å². The molecule has 7 nitrogen and oxygen atoms in total. The Morgan fingerprint density at radius 2 is 1.46 bits per heavy atom. The number of benzene rings is 5. The second kappa shape index (κ2) is 13.9. The highest BCUT2D eigenvalue weighted by atomic mass is 32.2. The van der Waals surface area contributed by atoms with Gasteiger partial charge in [-0.05, 0) is 72.2 Å². The molecule has 6 aromatic rings. The van der Waals surface area contributed by atoms with E-state index in [1.807, 2.05) is 102 Å². The smallest absolute Gasteiger partial charge is 0.272 e. The lowest BCUT2D eigenvalue weighted by Gasteiger charge is -2.24. The van der Waals surface area contributed by atoms with Gasteiger partial charge in [0, 0.05) is 51.0 Å². The maximum absolute atomic E-state index is 14.0. The van der Waals surface area contributed by atoms with Crippen LogP contribution in [0.2, 0.25) is 0 Å². The molecule has 1 aliphatic rings. The lowest BCUT2D eigenvalue weighted by molar-refractivity contribution is -0.118. The van der Waals surface area contributed by atoms with Gasteiger partial charge < -0.3 is 20.5 Å². The van der Waals surface area contributed by atoms with E-state index in [9.17, 15) is 14.4 Å². The zero-order chi connectivity index (χ0) is 32.9. The van der Waals surface area contributed by atoms with Crippen LogP contribution in [0.1, 0.15) is 32.3 Å². The van der Waals surface area contributed by atoms with Gasteiger partial charge in [-0.2, -0.15) is 0 Å². The number of anilines is 2. The van der Waals surface area contributed by atoms with Gasteiger partial charge in [0.1, 0.15) is 10.9 Å². The Kier molecular flexibility index (Phi) is 8.89. The van der Waals surface area contributed by atoms with Crippen molar-refractivity contribution in [3.63, 3.8) is 0 Å². The summed E-state index contributed by atoms with van der Waals surface area (Å²) in [5.74, 6) is -0.814. The van der Waals surface area contributed by atoms with Gasteiger partial charge in [-0.25, -0.2) is 0 Å². The molecule has 0 aliphatic carbocycles. The Morgan fingerprint density at radius 3 is 2.25 bits per heavy atom. The Balaban J connectivity index is 1.11. The monoisotopic (exact) mass is 648 g/mol. The molecule has 48 heavy (non-hydrogen) atoms. The lowest BCUT2D eigenvalue weighted by atomic mass is 10.1. The SMILES string of the molecule is O=C(Nc1ccc(S[C@@H](C(=O)N2CCc3ccccc32)c2ccccc2)cc1)/C(=C/c1c[nH]c2ccccc12)NC(=O)c1ccccc1. The summed E-state index contributed by atoms with van der Waals surface area (Å²) in [6.45, 7) is 0.655. The third-order valence-corrected chi connectivity index (χ3v) is 9.55. The van der Waals surface area contributed by atoms with E-state index in [0.29, 0.717) is 17.8 Å². The molecular weight excluding hydrogens is 617 g/mol. The molecule has 0 fully saturated rings. The number of H-pyrrole nitrogens is 1. The third-order valence-electron chi connectivity index (χ3n) is 8.30.